The normalized spacial score (nSPS) is 18.0. The van der Waals surface area contributed by atoms with Crippen LogP contribution in [0.2, 0.25) is 0 Å². The molecule has 1 aliphatic rings. The summed E-state index contributed by atoms with van der Waals surface area (Å²) in [6.45, 7) is 5.14. The summed E-state index contributed by atoms with van der Waals surface area (Å²) in [6, 6.07) is 1.81. The highest BCUT2D eigenvalue weighted by atomic mass is 35.5. The Hall–Kier alpha value is -1.15. The summed E-state index contributed by atoms with van der Waals surface area (Å²) in [4.78, 5) is 12.8. The zero-order chi connectivity index (χ0) is 15.8. The minimum atomic E-state index is -0.602. The average Bonchev–Trinajstić information content (AvgIpc) is 3.07. The highest BCUT2D eigenvalue weighted by Gasteiger charge is 2.42. The highest BCUT2D eigenvalue weighted by molar-refractivity contribution is 5.85. The van der Waals surface area contributed by atoms with Gasteiger partial charge in [0.05, 0.1) is 19.8 Å². The fourth-order valence-electron chi connectivity index (χ4n) is 2.72. The molecule has 1 aromatic heterocycles. The smallest absolute Gasteiger partial charge is 0.248 e. The van der Waals surface area contributed by atoms with Crippen LogP contribution in [0.4, 0.5) is 0 Å². The Morgan fingerprint density at radius 1 is 1.43 bits per heavy atom. The van der Waals surface area contributed by atoms with Crippen molar-refractivity contribution in [2.24, 2.45) is 0 Å². The number of hydrogen-bond acceptors (Lipinski definition) is 5. The fourth-order valence-corrected chi connectivity index (χ4v) is 2.72. The van der Waals surface area contributed by atoms with Gasteiger partial charge >= 0.3 is 0 Å². The van der Waals surface area contributed by atoms with E-state index in [0.717, 1.165) is 25.9 Å². The van der Waals surface area contributed by atoms with Crippen molar-refractivity contribution in [2.75, 3.05) is 40.0 Å². The van der Waals surface area contributed by atoms with Gasteiger partial charge in [0.25, 0.3) is 0 Å². The number of amides is 1. The van der Waals surface area contributed by atoms with Crippen LogP contribution in [0.3, 0.4) is 0 Å². The number of nitrogens with one attached hydrogen (secondary N) is 2. The third kappa shape index (κ3) is 5.17. The van der Waals surface area contributed by atoms with Crippen LogP contribution in [0.15, 0.2) is 18.5 Å². The first-order valence-corrected chi connectivity index (χ1v) is 7.77. The van der Waals surface area contributed by atoms with E-state index in [4.69, 9.17) is 9.47 Å². The molecule has 23 heavy (non-hydrogen) atoms. The molecule has 1 atom stereocenters. The van der Waals surface area contributed by atoms with Crippen LogP contribution in [0.5, 0.6) is 0 Å². The molecule has 0 aromatic carbocycles. The average molecular weight is 347 g/mol. The molecule has 2 heterocycles. The quantitative estimate of drug-likeness (QED) is 0.672. The Morgan fingerprint density at radius 3 is 2.78 bits per heavy atom. The van der Waals surface area contributed by atoms with E-state index in [2.05, 4.69) is 15.7 Å². The summed E-state index contributed by atoms with van der Waals surface area (Å²) in [5.74, 6) is 0.0144. The lowest BCUT2D eigenvalue weighted by molar-refractivity contribution is -0.133. The number of carbonyl (C=O) groups excluding carboxylic acids is 1. The van der Waals surface area contributed by atoms with Crippen molar-refractivity contribution in [1.82, 2.24) is 20.4 Å². The van der Waals surface area contributed by atoms with Crippen LogP contribution in [-0.4, -0.2) is 61.7 Å². The number of halogens is 1. The van der Waals surface area contributed by atoms with Crippen molar-refractivity contribution in [1.29, 1.82) is 0 Å². The second-order valence-corrected chi connectivity index (χ2v) is 5.67. The molecule has 132 valence electrons. The molecular weight excluding hydrogens is 320 g/mol. The first kappa shape index (κ1) is 19.9. The lowest BCUT2D eigenvalue weighted by atomic mass is 9.87. The largest absolute Gasteiger partial charge is 0.382 e. The number of nitrogens with zero attached hydrogens (tertiary/aromatic N) is 2. The molecule has 0 spiro atoms. The first-order chi connectivity index (χ1) is 10.7. The molecule has 1 unspecified atom stereocenters. The van der Waals surface area contributed by atoms with Crippen molar-refractivity contribution in [3.05, 3.63) is 18.5 Å². The summed E-state index contributed by atoms with van der Waals surface area (Å²) < 4.78 is 12.2. The van der Waals surface area contributed by atoms with Gasteiger partial charge in [-0.1, -0.05) is 0 Å². The number of rotatable bonds is 8. The third-order valence-electron chi connectivity index (χ3n) is 3.97. The van der Waals surface area contributed by atoms with Crippen LogP contribution >= 0.6 is 12.4 Å². The third-order valence-corrected chi connectivity index (χ3v) is 3.97. The van der Waals surface area contributed by atoms with E-state index in [0.29, 0.717) is 19.8 Å². The van der Waals surface area contributed by atoms with Crippen molar-refractivity contribution in [3.63, 3.8) is 0 Å². The van der Waals surface area contributed by atoms with Crippen molar-refractivity contribution in [2.45, 2.75) is 31.3 Å². The van der Waals surface area contributed by atoms with Crippen LogP contribution in [0.25, 0.3) is 0 Å². The van der Waals surface area contributed by atoms with E-state index in [-0.39, 0.29) is 24.4 Å². The summed E-state index contributed by atoms with van der Waals surface area (Å²) >= 11 is 0. The molecule has 2 rings (SSSR count). The molecule has 1 amide bonds. The first-order valence-electron chi connectivity index (χ1n) is 7.77. The maximum Gasteiger partial charge on any atom is 0.248 e. The SMILES string of the molecule is COCCOCC(C)NC(=O)C1(n2cccn2)CCNCC1.Cl. The summed E-state index contributed by atoms with van der Waals surface area (Å²) in [7, 11) is 1.64. The molecule has 1 aromatic rings. The number of carbonyl (C=O) groups is 1. The molecule has 2 N–H and O–H groups in total. The number of methoxy groups -OCH3 is 1. The summed E-state index contributed by atoms with van der Waals surface area (Å²) in [6.07, 6.45) is 5.05. The van der Waals surface area contributed by atoms with Crippen molar-refractivity contribution >= 4 is 18.3 Å². The zero-order valence-electron chi connectivity index (χ0n) is 13.8. The van der Waals surface area contributed by atoms with E-state index in [1.54, 1.807) is 18.0 Å². The number of ether oxygens (including phenoxy) is 2. The monoisotopic (exact) mass is 346 g/mol. The molecule has 7 nitrogen and oxygen atoms in total. The Morgan fingerprint density at radius 2 is 2.17 bits per heavy atom. The van der Waals surface area contributed by atoms with Crippen LogP contribution < -0.4 is 10.6 Å². The Bertz CT molecular complexity index is 450. The van der Waals surface area contributed by atoms with Gasteiger partial charge in [-0.3, -0.25) is 9.48 Å². The van der Waals surface area contributed by atoms with E-state index in [1.165, 1.54) is 0 Å². The molecule has 0 aliphatic carbocycles. The van der Waals surface area contributed by atoms with E-state index >= 15 is 0 Å². The minimum absolute atomic E-state index is 0. The zero-order valence-corrected chi connectivity index (χ0v) is 14.6. The van der Waals surface area contributed by atoms with Gasteiger partial charge in [0.15, 0.2) is 0 Å². The van der Waals surface area contributed by atoms with Gasteiger partial charge in [-0.05, 0) is 38.9 Å². The second kappa shape index (κ2) is 9.87. The van der Waals surface area contributed by atoms with Crippen molar-refractivity contribution in [3.8, 4) is 0 Å². The molecule has 0 radical (unpaired) electrons. The number of piperidine rings is 1. The van der Waals surface area contributed by atoms with Gasteiger partial charge < -0.3 is 20.1 Å². The molecule has 1 fully saturated rings. The predicted molar refractivity (Wildman–Crippen MR) is 89.9 cm³/mol. The lowest BCUT2D eigenvalue weighted by Gasteiger charge is -2.37. The van der Waals surface area contributed by atoms with E-state index < -0.39 is 5.54 Å². The molecule has 8 heteroatoms. The Labute approximate surface area is 143 Å². The van der Waals surface area contributed by atoms with Gasteiger partial charge in [-0.25, -0.2) is 0 Å². The maximum atomic E-state index is 12.8. The Kier molecular flexibility index (Phi) is 8.54. The van der Waals surface area contributed by atoms with Crippen LogP contribution in [-0.2, 0) is 19.8 Å². The molecule has 1 aliphatic heterocycles. The van der Waals surface area contributed by atoms with Gasteiger partial charge in [-0.15, -0.1) is 12.4 Å². The standard InChI is InChI=1S/C15H26N4O3.ClH/c1-13(12-22-11-10-21-2)18-14(20)15(4-7-16-8-5-15)19-9-3-6-17-19;/h3,6,9,13,16H,4-5,7-8,10-12H2,1-2H3,(H,18,20);1H. The van der Waals surface area contributed by atoms with Gasteiger partial charge in [0, 0.05) is 25.5 Å². The van der Waals surface area contributed by atoms with Gasteiger partial charge in [0.2, 0.25) is 5.91 Å². The summed E-state index contributed by atoms with van der Waals surface area (Å²) in [5, 5.41) is 10.7. The Balaban J connectivity index is 0.00000264. The molecule has 0 bridgehead atoms. The number of hydrogen-bond donors (Lipinski definition) is 2. The molecular formula is C15H27ClN4O3. The highest BCUT2D eigenvalue weighted by Crippen LogP contribution is 2.27. The van der Waals surface area contributed by atoms with Crippen molar-refractivity contribution < 1.29 is 14.3 Å². The molecule has 1 saturated heterocycles. The van der Waals surface area contributed by atoms with E-state index in [1.807, 2.05) is 19.2 Å². The van der Waals surface area contributed by atoms with Crippen LogP contribution in [0, 0.1) is 0 Å². The predicted octanol–water partition coefficient (Wildman–Crippen LogP) is 0.551. The molecule has 0 saturated carbocycles. The van der Waals surface area contributed by atoms with Crippen LogP contribution in [0.1, 0.15) is 19.8 Å². The second-order valence-electron chi connectivity index (χ2n) is 5.67. The minimum Gasteiger partial charge on any atom is -0.382 e. The van der Waals surface area contributed by atoms with Gasteiger partial charge in [-0.2, -0.15) is 5.10 Å². The van der Waals surface area contributed by atoms with E-state index in [9.17, 15) is 4.79 Å². The topological polar surface area (TPSA) is 77.4 Å². The lowest BCUT2D eigenvalue weighted by Crippen LogP contribution is -2.56. The maximum absolute atomic E-state index is 12.8. The number of aromatic nitrogens is 2. The van der Waals surface area contributed by atoms with Gasteiger partial charge in [0.1, 0.15) is 5.54 Å². The fraction of sp³-hybridized carbons (Fsp3) is 0.733. The summed E-state index contributed by atoms with van der Waals surface area (Å²) in [5.41, 5.74) is -0.602.